The summed E-state index contributed by atoms with van der Waals surface area (Å²) >= 11 is 0.883. The molecule has 1 heterocycles. The van der Waals surface area contributed by atoms with Gasteiger partial charge in [0.25, 0.3) is 16.8 Å². The van der Waals surface area contributed by atoms with Crippen LogP contribution in [0.15, 0.2) is 84.3 Å². The first-order chi connectivity index (χ1) is 17.9. The molecule has 0 N–H and O–H groups in total. The van der Waals surface area contributed by atoms with Crippen LogP contribution in [0.2, 0.25) is 0 Å². The van der Waals surface area contributed by atoms with Crippen LogP contribution < -0.4 is 14.4 Å². The molecule has 2 amide bonds. The third-order valence-corrected chi connectivity index (χ3v) is 6.32. The minimum atomic E-state index is -0.451. The summed E-state index contributed by atoms with van der Waals surface area (Å²) in [6.45, 7) is 6.25. The van der Waals surface area contributed by atoms with Crippen molar-refractivity contribution in [1.29, 1.82) is 0 Å². The van der Waals surface area contributed by atoms with E-state index in [1.807, 2.05) is 19.1 Å². The zero-order chi connectivity index (χ0) is 26.4. The van der Waals surface area contributed by atoms with E-state index in [1.54, 1.807) is 54.6 Å². The molecule has 0 bridgehead atoms. The maximum Gasteiger partial charge on any atom is 0.298 e. The number of carbonyl (C=O) groups excluding carboxylic acids is 2. The van der Waals surface area contributed by atoms with Gasteiger partial charge in [-0.1, -0.05) is 24.3 Å². The van der Waals surface area contributed by atoms with Crippen molar-refractivity contribution in [1.82, 2.24) is 0 Å². The van der Waals surface area contributed by atoms with Gasteiger partial charge >= 0.3 is 0 Å². The highest BCUT2D eigenvalue weighted by Crippen LogP contribution is 2.39. The number of hydrogen-bond acceptors (Lipinski definition) is 7. The van der Waals surface area contributed by atoms with Crippen LogP contribution in [-0.4, -0.2) is 22.7 Å². The minimum Gasteiger partial charge on any atom is -0.490 e. The number of non-ortho nitro benzene ring substituents is 1. The molecule has 8 nitrogen and oxygen atoms in total. The minimum absolute atomic E-state index is 0.00660. The van der Waals surface area contributed by atoms with E-state index in [-0.39, 0.29) is 23.4 Å². The standard InChI is InChI=1S/C28H24N2O6S/c1-3-8-21-15-20(17-25-27(31)29(28(32)37-25)22-9-6-5-7-10-22)16-24(35-4-2)26(21)36-18-19-11-13-23(14-12-19)30(33)34/h3,5-7,9-17H,1,4,8,18H2,2H3/b25-17-. The molecule has 37 heavy (non-hydrogen) atoms. The molecule has 0 radical (unpaired) electrons. The summed E-state index contributed by atoms with van der Waals surface area (Å²) in [5.74, 6) is 0.620. The van der Waals surface area contributed by atoms with Crippen LogP contribution in [-0.2, 0) is 17.8 Å². The Labute approximate surface area is 218 Å². The smallest absolute Gasteiger partial charge is 0.298 e. The van der Waals surface area contributed by atoms with Gasteiger partial charge in [0.15, 0.2) is 11.5 Å². The Hall–Kier alpha value is -4.37. The van der Waals surface area contributed by atoms with Gasteiger partial charge in [-0.2, -0.15) is 0 Å². The molecule has 3 aromatic rings. The molecule has 0 unspecified atom stereocenters. The second kappa shape index (κ2) is 11.6. The maximum absolute atomic E-state index is 13.0. The fourth-order valence-corrected chi connectivity index (χ4v) is 4.63. The summed E-state index contributed by atoms with van der Waals surface area (Å²) < 4.78 is 12.0. The zero-order valence-corrected chi connectivity index (χ0v) is 20.9. The quantitative estimate of drug-likeness (QED) is 0.131. The monoisotopic (exact) mass is 516 g/mol. The molecular formula is C28H24N2O6S. The maximum atomic E-state index is 13.0. The molecule has 4 rings (SSSR count). The van der Waals surface area contributed by atoms with Crippen LogP contribution >= 0.6 is 11.8 Å². The van der Waals surface area contributed by atoms with E-state index >= 15 is 0 Å². The van der Waals surface area contributed by atoms with Crippen LogP contribution in [0.4, 0.5) is 16.2 Å². The first-order valence-electron chi connectivity index (χ1n) is 11.5. The highest BCUT2D eigenvalue weighted by Gasteiger charge is 2.36. The molecule has 188 valence electrons. The van der Waals surface area contributed by atoms with Gasteiger partial charge in [0.1, 0.15) is 6.61 Å². The third-order valence-electron chi connectivity index (χ3n) is 5.45. The van der Waals surface area contributed by atoms with Gasteiger partial charge in [-0.15, -0.1) is 6.58 Å². The molecule has 1 aliphatic heterocycles. The van der Waals surface area contributed by atoms with Crippen LogP contribution in [0.3, 0.4) is 0 Å². The molecule has 0 spiro atoms. The van der Waals surface area contributed by atoms with Crippen molar-refractivity contribution in [3.05, 3.63) is 111 Å². The number of hydrogen-bond donors (Lipinski definition) is 0. The van der Waals surface area contributed by atoms with Gasteiger partial charge in [-0.3, -0.25) is 19.7 Å². The van der Waals surface area contributed by atoms with Crippen molar-refractivity contribution in [2.45, 2.75) is 20.0 Å². The molecule has 1 aliphatic rings. The number of nitro benzene ring substituents is 1. The molecular weight excluding hydrogens is 492 g/mol. The third kappa shape index (κ3) is 5.90. The fraction of sp³-hybridized carbons (Fsp3) is 0.143. The molecule has 0 aromatic heterocycles. The summed E-state index contributed by atoms with van der Waals surface area (Å²) in [6, 6.07) is 18.6. The summed E-state index contributed by atoms with van der Waals surface area (Å²) in [5.41, 5.74) is 2.76. The normalized spacial score (nSPS) is 14.2. The number of allylic oxidation sites excluding steroid dienone is 1. The van der Waals surface area contributed by atoms with Crippen LogP contribution in [0.5, 0.6) is 11.5 Å². The summed E-state index contributed by atoms with van der Waals surface area (Å²) in [6.07, 6.45) is 3.88. The van der Waals surface area contributed by atoms with Crippen molar-refractivity contribution < 1.29 is 24.0 Å². The van der Waals surface area contributed by atoms with Gasteiger partial charge in [0.05, 0.1) is 22.1 Å². The Bertz CT molecular complexity index is 1370. The number of benzene rings is 3. The van der Waals surface area contributed by atoms with E-state index in [1.165, 1.54) is 12.1 Å². The summed E-state index contributed by atoms with van der Waals surface area (Å²) in [4.78, 5) is 37.5. The van der Waals surface area contributed by atoms with Crippen molar-refractivity contribution in [3.63, 3.8) is 0 Å². The van der Waals surface area contributed by atoms with Gasteiger partial charge in [-0.25, -0.2) is 4.90 Å². The Morgan fingerprint density at radius 2 is 1.78 bits per heavy atom. The van der Waals surface area contributed by atoms with E-state index in [0.717, 1.165) is 27.8 Å². The largest absolute Gasteiger partial charge is 0.490 e. The topological polar surface area (TPSA) is 99.0 Å². The lowest BCUT2D eigenvalue weighted by Gasteiger charge is -2.17. The molecule has 3 aromatic carbocycles. The lowest BCUT2D eigenvalue weighted by Crippen LogP contribution is -2.27. The van der Waals surface area contributed by atoms with E-state index in [4.69, 9.17) is 9.47 Å². The molecule has 1 fully saturated rings. The van der Waals surface area contributed by atoms with E-state index in [0.29, 0.717) is 40.7 Å². The lowest BCUT2D eigenvalue weighted by molar-refractivity contribution is -0.384. The SMILES string of the molecule is C=CCc1cc(/C=C2\SC(=O)N(c3ccccc3)C2=O)cc(OCC)c1OCc1ccc([N+](=O)[O-])cc1. The van der Waals surface area contributed by atoms with E-state index in [2.05, 4.69) is 6.58 Å². The number of nitrogens with zero attached hydrogens (tertiary/aromatic N) is 2. The number of amides is 2. The van der Waals surface area contributed by atoms with Crippen molar-refractivity contribution >= 4 is 40.4 Å². The summed E-state index contributed by atoms with van der Waals surface area (Å²) in [7, 11) is 0. The van der Waals surface area contributed by atoms with Crippen molar-refractivity contribution in [2.24, 2.45) is 0 Å². The van der Waals surface area contributed by atoms with E-state index < -0.39 is 4.92 Å². The lowest BCUT2D eigenvalue weighted by atomic mass is 10.0. The second-order valence-electron chi connectivity index (χ2n) is 8.00. The Kier molecular flexibility index (Phi) is 8.05. The average Bonchev–Trinajstić information content (AvgIpc) is 3.17. The van der Waals surface area contributed by atoms with Crippen LogP contribution in [0.25, 0.3) is 6.08 Å². The predicted octanol–water partition coefficient (Wildman–Crippen LogP) is 6.54. The van der Waals surface area contributed by atoms with Gasteiger partial charge < -0.3 is 9.47 Å². The highest BCUT2D eigenvalue weighted by atomic mass is 32.2. The molecule has 9 heteroatoms. The Morgan fingerprint density at radius 3 is 2.43 bits per heavy atom. The fourth-order valence-electron chi connectivity index (χ4n) is 3.79. The number of anilines is 1. The van der Waals surface area contributed by atoms with Crippen LogP contribution in [0, 0.1) is 10.1 Å². The number of carbonyl (C=O) groups is 2. The molecule has 0 atom stereocenters. The van der Waals surface area contributed by atoms with Crippen LogP contribution in [0.1, 0.15) is 23.6 Å². The Balaban J connectivity index is 1.63. The zero-order valence-electron chi connectivity index (χ0n) is 20.1. The number of ether oxygens (including phenoxy) is 2. The molecule has 0 saturated carbocycles. The molecule has 0 aliphatic carbocycles. The average molecular weight is 517 g/mol. The number of rotatable bonds is 10. The summed E-state index contributed by atoms with van der Waals surface area (Å²) in [5, 5.41) is 10.5. The first kappa shape index (κ1) is 25.7. The van der Waals surface area contributed by atoms with Gasteiger partial charge in [0, 0.05) is 17.7 Å². The predicted molar refractivity (Wildman–Crippen MR) is 144 cm³/mol. The number of thioether (sulfide) groups is 1. The van der Waals surface area contributed by atoms with Crippen molar-refractivity contribution in [2.75, 3.05) is 11.5 Å². The number of nitro groups is 1. The highest BCUT2D eigenvalue weighted by molar-refractivity contribution is 8.19. The first-order valence-corrected chi connectivity index (χ1v) is 12.3. The number of imide groups is 1. The number of para-hydroxylation sites is 1. The second-order valence-corrected chi connectivity index (χ2v) is 8.99. The van der Waals surface area contributed by atoms with E-state index in [9.17, 15) is 19.7 Å². The van der Waals surface area contributed by atoms with Crippen molar-refractivity contribution in [3.8, 4) is 11.5 Å². The Morgan fingerprint density at radius 1 is 1.05 bits per heavy atom. The van der Waals surface area contributed by atoms with Gasteiger partial charge in [0.2, 0.25) is 0 Å². The van der Waals surface area contributed by atoms with Gasteiger partial charge in [-0.05, 0) is 78.7 Å². The molecule has 1 saturated heterocycles.